The molecule has 4 nitrogen and oxygen atoms in total. The fourth-order valence-electron chi connectivity index (χ4n) is 2.92. The molecule has 0 aliphatic carbocycles. The van der Waals surface area contributed by atoms with Gasteiger partial charge in [-0.1, -0.05) is 23.8 Å². The Morgan fingerprint density at radius 1 is 1.19 bits per heavy atom. The van der Waals surface area contributed by atoms with Gasteiger partial charge in [0.1, 0.15) is 12.3 Å². The van der Waals surface area contributed by atoms with Gasteiger partial charge >= 0.3 is 0 Å². The Hall–Kier alpha value is -1.98. The minimum atomic E-state index is 0.142. The average molecular weight is 374 g/mol. The first-order valence-corrected chi connectivity index (χ1v) is 9.97. The molecule has 2 aromatic carbocycles. The van der Waals surface area contributed by atoms with Gasteiger partial charge in [0, 0.05) is 24.1 Å². The molecule has 1 amide bonds. The lowest BCUT2D eigenvalue weighted by Gasteiger charge is -2.21. The number of rotatable bonds is 8. The van der Waals surface area contributed by atoms with Gasteiger partial charge in [-0.2, -0.15) is 0 Å². The molecule has 1 N–H and O–H groups in total. The van der Waals surface area contributed by atoms with Gasteiger partial charge in [-0.05, 0) is 43.0 Å². The highest BCUT2D eigenvalue weighted by atomic mass is 32.2. The van der Waals surface area contributed by atoms with Crippen LogP contribution in [-0.4, -0.2) is 44.8 Å². The SMILES string of the molecule is COc1ccc(C)cc1C[NH+](C)CC(=O)N(C)Cc1ccc(SC)cc1. The molecule has 0 aliphatic heterocycles. The van der Waals surface area contributed by atoms with E-state index in [1.54, 1.807) is 23.8 Å². The topological polar surface area (TPSA) is 34.0 Å². The van der Waals surface area contributed by atoms with Gasteiger partial charge in [-0.15, -0.1) is 11.8 Å². The van der Waals surface area contributed by atoms with Crippen molar-refractivity contribution in [2.24, 2.45) is 0 Å². The molecule has 1 atom stereocenters. The zero-order valence-corrected chi connectivity index (χ0v) is 17.2. The van der Waals surface area contributed by atoms with Crippen LogP contribution in [0.25, 0.3) is 0 Å². The van der Waals surface area contributed by atoms with E-state index < -0.39 is 0 Å². The van der Waals surface area contributed by atoms with E-state index >= 15 is 0 Å². The number of benzene rings is 2. The van der Waals surface area contributed by atoms with E-state index in [0.29, 0.717) is 13.1 Å². The Bertz CT molecular complexity index is 731. The summed E-state index contributed by atoms with van der Waals surface area (Å²) in [6, 6.07) is 14.5. The predicted octanol–water partition coefficient (Wildman–Crippen LogP) is 2.40. The number of carbonyl (C=O) groups excluding carboxylic acids is 1. The van der Waals surface area contributed by atoms with Gasteiger partial charge in [0.05, 0.1) is 14.2 Å². The van der Waals surface area contributed by atoms with Gasteiger partial charge < -0.3 is 14.5 Å². The summed E-state index contributed by atoms with van der Waals surface area (Å²) in [4.78, 5) is 16.7. The lowest BCUT2D eigenvalue weighted by atomic mass is 10.1. The quantitative estimate of drug-likeness (QED) is 0.722. The number of thioether (sulfide) groups is 1. The Kier molecular flexibility index (Phi) is 7.54. The summed E-state index contributed by atoms with van der Waals surface area (Å²) < 4.78 is 5.44. The van der Waals surface area contributed by atoms with Gasteiger partial charge in [-0.3, -0.25) is 4.79 Å². The van der Waals surface area contributed by atoms with Crippen molar-refractivity contribution in [2.45, 2.75) is 24.9 Å². The maximum atomic E-state index is 12.6. The number of amides is 1. The smallest absolute Gasteiger partial charge is 0.277 e. The highest BCUT2D eigenvalue weighted by Crippen LogP contribution is 2.18. The third-order valence-corrected chi connectivity index (χ3v) is 5.13. The number of carbonyl (C=O) groups is 1. The number of hydrogen-bond donors (Lipinski definition) is 1. The molecule has 140 valence electrons. The first-order chi connectivity index (χ1) is 12.4. The van der Waals surface area contributed by atoms with Crippen LogP contribution in [0.5, 0.6) is 5.75 Å². The van der Waals surface area contributed by atoms with Crippen molar-refractivity contribution in [3.05, 3.63) is 59.2 Å². The summed E-state index contributed by atoms with van der Waals surface area (Å²) >= 11 is 1.72. The molecule has 0 heterocycles. The molecule has 0 aromatic heterocycles. The van der Waals surface area contributed by atoms with Gasteiger partial charge in [0.2, 0.25) is 0 Å². The van der Waals surface area contributed by atoms with Crippen LogP contribution in [0.4, 0.5) is 0 Å². The molecule has 0 radical (unpaired) electrons. The van der Waals surface area contributed by atoms with Crippen LogP contribution in [0.1, 0.15) is 16.7 Å². The summed E-state index contributed by atoms with van der Waals surface area (Å²) in [5, 5.41) is 0. The highest BCUT2D eigenvalue weighted by Gasteiger charge is 2.17. The zero-order valence-electron chi connectivity index (χ0n) is 16.3. The molecule has 0 fully saturated rings. The van der Waals surface area contributed by atoms with Crippen molar-refractivity contribution in [1.82, 2.24) is 4.90 Å². The van der Waals surface area contributed by atoms with Crippen molar-refractivity contribution < 1.29 is 14.4 Å². The summed E-state index contributed by atoms with van der Waals surface area (Å²) in [5.74, 6) is 1.02. The molecule has 0 spiro atoms. The Morgan fingerprint density at radius 2 is 1.88 bits per heavy atom. The number of ether oxygens (including phenoxy) is 1. The second kappa shape index (κ2) is 9.64. The van der Waals surface area contributed by atoms with Gasteiger partial charge in [0.15, 0.2) is 6.54 Å². The first-order valence-electron chi connectivity index (χ1n) is 8.74. The van der Waals surface area contributed by atoms with Crippen LogP contribution in [-0.2, 0) is 17.9 Å². The van der Waals surface area contributed by atoms with E-state index in [1.165, 1.54) is 10.5 Å². The molecule has 0 saturated carbocycles. The van der Waals surface area contributed by atoms with Crippen molar-refractivity contribution in [3.63, 3.8) is 0 Å². The maximum Gasteiger partial charge on any atom is 0.277 e. The molecular formula is C21H29N2O2S+. The van der Waals surface area contributed by atoms with Crippen molar-refractivity contribution in [1.29, 1.82) is 0 Å². The Labute approximate surface area is 161 Å². The first kappa shape index (κ1) is 20.3. The number of quaternary nitrogens is 1. The lowest BCUT2D eigenvalue weighted by molar-refractivity contribution is -0.885. The molecule has 2 aromatic rings. The third-order valence-electron chi connectivity index (χ3n) is 4.39. The van der Waals surface area contributed by atoms with Crippen LogP contribution in [0.3, 0.4) is 0 Å². The minimum absolute atomic E-state index is 0.142. The van der Waals surface area contributed by atoms with Crippen LogP contribution >= 0.6 is 11.8 Å². The molecular weight excluding hydrogens is 344 g/mol. The van der Waals surface area contributed by atoms with E-state index in [4.69, 9.17) is 4.74 Å². The number of nitrogens with zero attached hydrogens (tertiary/aromatic N) is 1. The number of aryl methyl sites for hydroxylation is 1. The molecule has 5 heteroatoms. The largest absolute Gasteiger partial charge is 0.496 e. The maximum absolute atomic E-state index is 12.6. The summed E-state index contributed by atoms with van der Waals surface area (Å²) in [6.07, 6.45) is 2.06. The standard InChI is InChI=1S/C21H28N2O2S/c1-16-6-11-20(25-4)18(12-16)14-22(2)15-21(24)23(3)13-17-7-9-19(26-5)10-8-17/h6-12H,13-15H2,1-5H3/p+1. The highest BCUT2D eigenvalue weighted by molar-refractivity contribution is 7.98. The predicted molar refractivity (Wildman–Crippen MR) is 108 cm³/mol. The average Bonchev–Trinajstić information content (AvgIpc) is 2.62. The number of likely N-dealkylation sites (N-methyl/N-ethyl adjacent to an activating group) is 2. The number of methoxy groups -OCH3 is 1. The number of hydrogen-bond acceptors (Lipinski definition) is 3. The monoisotopic (exact) mass is 373 g/mol. The van der Waals surface area contributed by atoms with E-state index in [9.17, 15) is 4.79 Å². The molecule has 26 heavy (non-hydrogen) atoms. The number of nitrogens with one attached hydrogen (secondary N) is 1. The summed E-state index contributed by atoms with van der Waals surface area (Å²) in [5.41, 5.74) is 3.48. The van der Waals surface area contributed by atoms with E-state index in [-0.39, 0.29) is 5.91 Å². The fourth-order valence-corrected chi connectivity index (χ4v) is 3.33. The van der Waals surface area contributed by atoms with E-state index in [1.807, 2.05) is 26.2 Å². The second-order valence-electron chi connectivity index (χ2n) is 6.72. The lowest BCUT2D eigenvalue weighted by Crippen LogP contribution is -3.08. The van der Waals surface area contributed by atoms with E-state index in [2.05, 4.69) is 43.5 Å². The zero-order chi connectivity index (χ0) is 19.1. The summed E-state index contributed by atoms with van der Waals surface area (Å²) in [7, 11) is 5.59. The second-order valence-corrected chi connectivity index (χ2v) is 7.60. The Morgan fingerprint density at radius 3 is 2.50 bits per heavy atom. The van der Waals surface area contributed by atoms with Gasteiger partial charge in [0.25, 0.3) is 5.91 Å². The molecule has 1 unspecified atom stereocenters. The van der Waals surface area contributed by atoms with Crippen LogP contribution in [0.15, 0.2) is 47.4 Å². The minimum Gasteiger partial charge on any atom is -0.496 e. The van der Waals surface area contributed by atoms with Gasteiger partial charge in [-0.25, -0.2) is 0 Å². The van der Waals surface area contributed by atoms with Crippen LogP contribution in [0.2, 0.25) is 0 Å². The van der Waals surface area contributed by atoms with E-state index in [0.717, 1.165) is 28.3 Å². The molecule has 2 rings (SSSR count). The molecule has 0 aliphatic rings. The van der Waals surface area contributed by atoms with Crippen molar-refractivity contribution in [3.8, 4) is 5.75 Å². The normalized spacial score (nSPS) is 11.9. The summed E-state index contributed by atoms with van der Waals surface area (Å²) in [6.45, 7) is 3.91. The molecule has 0 saturated heterocycles. The fraction of sp³-hybridized carbons (Fsp3) is 0.381. The third kappa shape index (κ3) is 5.78. The molecule has 0 bridgehead atoms. The van der Waals surface area contributed by atoms with Crippen LogP contribution < -0.4 is 9.64 Å². The van der Waals surface area contributed by atoms with Crippen molar-refractivity contribution in [2.75, 3.05) is 34.0 Å². The van der Waals surface area contributed by atoms with Crippen molar-refractivity contribution >= 4 is 17.7 Å². The Balaban J connectivity index is 1.92. The van der Waals surface area contributed by atoms with Crippen LogP contribution in [0, 0.1) is 6.92 Å².